The molecule has 0 aliphatic carbocycles. The molecular formula is C22H25Cl2N3O4S. The van der Waals surface area contributed by atoms with Gasteiger partial charge in [0.2, 0.25) is 5.91 Å². The lowest BCUT2D eigenvalue weighted by Crippen LogP contribution is -2.47. The number of thioether (sulfide) groups is 1. The summed E-state index contributed by atoms with van der Waals surface area (Å²) in [7, 11) is 0. The highest BCUT2D eigenvalue weighted by Gasteiger charge is 2.21. The number of hydrogen-bond acceptors (Lipinski definition) is 7. The monoisotopic (exact) mass is 497 g/mol. The third-order valence-corrected chi connectivity index (χ3v) is 6.45. The summed E-state index contributed by atoms with van der Waals surface area (Å²) in [6.07, 6.45) is 1.49. The van der Waals surface area contributed by atoms with Crippen LogP contribution in [0.4, 0.5) is 0 Å². The fourth-order valence-electron chi connectivity index (χ4n) is 3.16. The van der Waals surface area contributed by atoms with Gasteiger partial charge in [-0.1, -0.05) is 29.3 Å². The first-order valence-corrected chi connectivity index (χ1v) is 12.0. The fraction of sp³-hybridized carbons (Fsp3) is 0.409. The molecule has 7 nitrogen and oxygen atoms in total. The van der Waals surface area contributed by atoms with Crippen molar-refractivity contribution in [3.8, 4) is 0 Å². The second kappa shape index (κ2) is 12.4. The Hall–Kier alpha value is -1.84. The van der Waals surface area contributed by atoms with E-state index in [-0.39, 0.29) is 23.5 Å². The number of ether oxygens (including phenoxy) is 2. The van der Waals surface area contributed by atoms with E-state index in [1.54, 1.807) is 31.3 Å². The molecule has 0 saturated carbocycles. The van der Waals surface area contributed by atoms with Crippen LogP contribution in [0.5, 0.6) is 0 Å². The van der Waals surface area contributed by atoms with Gasteiger partial charge in [0.25, 0.3) is 0 Å². The van der Waals surface area contributed by atoms with Gasteiger partial charge < -0.3 is 14.8 Å². The quantitative estimate of drug-likeness (QED) is 0.418. The highest BCUT2D eigenvalue weighted by molar-refractivity contribution is 8.00. The Labute approximate surface area is 201 Å². The molecule has 1 fully saturated rings. The zero-order valence-electron chi connectivity index (χ0n) is 17.7. The number of morpholine rings is 1. The number of esters is 1. The molecule has 2 aromatic rings. The van der Waals surface area contributed by atoms with Crippen LogP contribution in [0.3, 0.4) is 0 Å². The molecule has 0 spiro atoms. The molecular weight excluding hydrogens is 473 g/mol. The van der Waals surface area contributed by atoms with Crippen LogP contribution in [0.25, 0.3) is 0 Å². The van der Waals surface area contributed by atoms with E-state index in [0.717, 1.165) is 23.5 Å². The van der Waals surface area contributed by atoms with Crippen LogP contribution in [0.1, 0.15) is 23.0 Å². The molecule has 0 bridgehead atoms. The average Bonchev–Trinajstić information content (AvgIpc) is 2.79. The minimum Gasteiger partial charge on any atom is -0.461 e. The van der Waals surface area contributed by atoms with Crippen LogP contribution in [0, 0.1) is 0 Å². The van der Waals surface area contributed by atoms with E-state index in [1.165, 1.54) is 11.8 Å². The van der Waals surface area contributed by atoms with Gasteiger partial charge in [-0.05, 0) is 36.8 Å². The molecule has 1 aliphatic rings. The first-order valence-electron chi connectivity index (χ1n) is 10.2. The van der Waals surface area contributed by atoms with Crippen molar-refractivity contribution in [1.82, 2.24) is 15.2 Å². The number of aromatic nitrogens is 1. The number of carbonyl (C=O) groups excluding carboxylic acids is 2. The van der Waals surface area contributed by atoms with Crippen molar-refractivity contribution in [2.75, 3.05) is 38.6 Å². The van der Waals surface area contributed by atoms with Crippen LogP contribution in [0.2, 0.25) is 10.0 Å². The number of amides is 1. The Morgan fingerprint density at radius 3 is 2.84 bits per heavy atom. The highest BCUT2D eigenvalue weighted by Crippen LogP contribution is 2.23. The van der Waals surface area contributed by atoms with Crippen molar-refractivity contribution in [2.24, 2.45) is 0 Å². The lowest BCUT2D eigenvalue weighted by atomic mass is 10.2. The first kappa shape index (κ1) is 24.8. The van der Waals surface area contributed by atoms with E-state index in [1.807, 2.05) is 12.1 Å². The van der Waals surface area contributed by atoms with E-state index in [4.69, 9.17) is 32.7 Å². The molecule has 1 saturated heterocycles. The lowest BCUT2D eigenvalue weighted by molar-refractivity contribution is -0.119. The Kier molecular flexibility index (Phi) is 9.62. The van der Waals surface area contributed by atoms with Gasteiger partial charge in [-0.2, -0.15) is 0 Å². The molecule has 172 valence electrons. The number of benzene rings is 1. The summed E-state index contributed by atoms with van der Waals surface area (Å²) in [5, 5.41) is 4.01. The van der Waals surface area contributed by atoms with Gasteiger partial charge in [0.1, 0.15) is 5.69 Å². The molecule has 0 radical (unpaired) electrons. The molecule has 10 heteroatoms. The fourth-order valence-corrected chi connectivity index (χ4v) is 4.17. The standard InChI is InChI=1S/C22H25Cl2N3O4S/c1-2-30-22(29)20-6-4-17(11-25-20)32-14-21(28)26-10-16-13-27(7-8-31-16)12-15-3-5-18(23)19(24)9-15/h3-6,9,11,16H,2,7-8,10,12-14H2,1H3,(H,26,28)/t16-/m0/s1. The summed E-state index contributed by atoms with van der Waals surface area (Å²) >= 11 is 13.4. The van der Waals surface area contributed by atoms with Gasteiger partial charge in [0.05, 0.1) is 35.1 Å². The maximum atomic E-state index is 12.2. The van der Waals surface area contributed by atoms with E-state index < -0.39 is 5.97 Å². The Morgan fingerprint density at radius 2 is 2.12 bits per heavy atom. The third kappa shape index (κ3) is 7.64. The van der Waals surface area contributed by atoms with Crippen molar-refractivity contribution in [2.45, 2.75) is 24.5 Å². The first-order chi connectivity index (χ1) is 15.4. The number of carbonyl (C=O) groups is 2. The molecule has 1 N–H and O–H groups in total. The Bertz CT molecular complexity index is 930. The number of rotatable bonds is 9. The van der Waals surface area contributed by atoms with Crippen LogP contribution in [-0.2, 0) is 20.8 Å². The van der Waals surface area contributed by atoms with Gasteiger partial charge in [0, 0.05) is 37.3 Å². The van der Waals surface area contributed by atoms with E-state index >= 15 is 0 Å². The molecule has 32 heavy (non-hydrogen) atoms. The maximum Gasteiger partial charge on any atom is 0.356 e. The Morgan fingerprint density at radius 1 is 1.28 bits per heavy atom. The predicted octanol–water partition coefficient (Wildman–Crippen LogP) is 3.67. The number of hydrogen-bond donors (Lipinski definition) is 1. The predicted molar refractivity (Wildman–Crippen MR) is 125 cm³/mol. The minimum atomic E-state index is -0.456. The molecule has 1 aromatic carbocycles. The second-order valence-electron chi connectivity index (χ2n) is 7.17. The zero-order chi connectivity index (χ0) is 22.9. The van der Waals surface area contributed by atoms with Crippen LogP contribution < -0.4 is 5.32 Å². The van der Waals surface area contributed by atoms with Crippen LogP contribution >= 0.6 is 35.0 Å². The topological polar surface area (TPSA) is 80.8 Å². The van der Waals surface area contributed by atoms with Crippen molar-refractivity contribution in [3.05, 3.63) is 57.8 Å². The van der Waals surface area contributed by atoms with Gasteiger partial charge in [-0.3, -0.25) is 9.69 Å². The normalized spacial score (nSPS) is 16.5. The van der Waals surface area contributed by atoms with Gasteiger partial charge in [0.15, 0.2) is 0 Å². The second-order valence-corrected chi connectivity index (χ2v) is 9.03. The molecule has 1 aromatic heterocycles. The lowest BCUT2D eigenvalue weighted by Gasteiger charge is -2.33. The van der Waals surface area contributed by atoms with E-state index in [0.29, 0.717) is 36.3 Å². The van der Waals surface area contributed by atoms with Crippen molar-refractivity contribution in [1.29, 1.82) is 0 Å². The van der Waals surface area contributed by atoms with Crippen LogP contribution in [-0.4, -0.2) is 66.5 Å². The minimum absolute atomic E-state index is 0.0778. The van der Waals surface area contributed by atoms with Crippen LogP contribution in [0.15, 0.2) is 41.4 Å². The molecule has 1 atom stereocenters. The summed E-state index contributed by atoms with van der Waals surface area (Å²) in [5.74, 6) is -0.294. The summed E-state index contributed by atoms with van der Waals surface area (Å²) in [5.41, 5.74) is 1.34. The summed E-state index contributed by atoms with van der Waals surface area (Å²) in [4.78, 5) is 31.0. The maximum absolute atomic E-state index is 12.2. The number of halogens is 2. The SMILES string of the molecule is CCOC(=O)c1ccc(SCC(=O)NC[C@H]2CN(Cc3ccc(Cl)c(Cl)c3)CCO2)cn1. The molecule has 3 rings (SSSR count). The Balaban J connectivity index is 1.39. The van der Waals surface area contributed by atoms with Crippen molar-refractivity contribution >= 4 is 46.8 Å². The summed E-state index contributed by atoms with van der Waals surface area (Å²) in [6.45, 7) is 5.37. The van der Waals surface area contributed by atoms with Crippen molar-refractivity contribution in [3.63, 3.8) is 0 Å². The van der Waals surface area contributed by atoms with Crippen molar-refractivity contribution < 1.29 is 19.1 Å². The van der Waals surface area contributed by atoms with E-state index in [2.05, 4.69) is 15.2 Å². The smallest absolute Gasteiger partial charge is 0.356 e. The zero-order valence-corrected chi connectivity index (χ0v) is 20.0. The third-order valence-electron chi connectivity index (χ3n) is 4.73. The molecule has 0 unspecified atom stereocenters. The largest absolute Gasteiger partial charge is 0.461 e. The number of nitrogens with one attached hydrogen (secondary N) is 1. The molecule has 1 amide bonds. The van der Waals surface area contributed by atoms with Gasteiger partial charge in [-0.25, -0.2) is 9.78 Å². The van der Waals surface area contributed by atoms with E-state index in [9.17, 15) is 9.59 Å². The summed E-state index contributed by atoms with van der Waals surface area (Å²) in [6, 6.07) is 8.99. The van der Waals surface area contributed by atoms with Gasteiger partial charge in [-0.15, -0.1) is 11.8 Å². The molecule has 1 aliphatic heterocycles. The molecule has 2 heterocycles. The number of pyridine rings is 1. The highest BCUT2D eigenvalue weighted by atomic mass is 35.5. The average molecular weight is 498 g/mol. The summed E-state index contributed by atoms with van der Waals surface area (Å²) < 4.78 is 10.7. The van der Waals surface area contributed by atoms with Gasteiger partial charge >= 0.3 is 5.97 Å². The number of nitrogens with zero attached hydrogens (tertiary/aromatic N) is 2.